The van der Waals surface area contributed by atoms with Crippen molar-refractivity contribution >= 4 is 29.5 Å². The van der Waals surface area contributed by atoms with Crippen molar-refractivity contribution in [3.05, 3.63) is 66.2 Å². The van der Waals surface area contributed by atoms with E-state index in [2.05, 4.69) is 5.32 Å². The lowest BCUT2D eigenvalue weighted by Gasteiger charge is -2.27. The van der Waals surface area contributed by atoms with Crippen LogP contribution in [-0.4, -0.2) is 54.5 Å². The zero-order chi connectivity index (χ0) is 24.8. The van der Waals surface area contributed by atoms with E-state index in [0.717, 1.165) is 11.0 Å². The van der Waals surface area contributed by atoms with Gasteiger partial charge in [-0.1, -0.05) is 18.2 Å². The predicted octanol–water partition coefficient (Wildman–Crippen LogP) is 4.90. The van der Waals surface area contributed by atoms with E-state index in [-0.39, 0.29) is 13.2 Å². The number of hydrogen-bond donors (Lipinski definition) is 3. The molecule has 184 valence electrons. The van der Waals surface area contributed by atoms with Crippen LogP contribution < -0.4 is 10.1 Å². The van der Waals surface area contributed by atoms with Gasteiger partial charge in [0.1, 0.15) is 12.4 Å². The molecule has 0 radical (unpaired) electrons. The molecule has 8 nitrogen and oxygen atoms in total. The average Bonchev–Trinajstić information content (AvgIpc) is 2.84. The van der Waals surface area contributed by atoms with Gasteiger partial charge < -0.3 is 24.4 Å². The Hall–Kier alpha value is -3.01. The number of allylic oxidation sites excluding steroid dienone is 1. The number of thioether (sulfide) groups is 1. The molecule has 0 aromatic heterocycles. The monoisotopic (exact) mass is 489 g/mol. The molecule has 3 N–H and O–H groups in total. The molecule has 0 heterocycles. The maximum Gasteiger partial charge on any atom is 0.412 e. The quantitative estimate of drug-likeness (QED) is 0.254. The van der Waals surface area contributed by atoms with Gasteiger partial charge in [0, 0.05) is 23.3 Å². The molecular weight excluding hydrogens is 458 g/mol. The molecule has 0 spiro atoms. The Morgan fingerprint density at radius 2 is 1.82 bits per heavy atom. The fourth-order valence-electron chi connectivity index (χ4n) is 3.19. The number of aliphatic hydroxyl groups excluding tert-OH is 1. The number of benzene rings is 2. The van der Waals surface area contributed by atoms with Gasteiger partial charge in [-0.2, -0.15) is 0 Å². The van der Waals surface area contributed by atoms with Crippen molar-refractivity contribution in [2.75, 3.05) is 31.4 Å². The van der Waals surface area contributed by atoms with E-state index >= 15 is 0 Å². The molecule has 0 aliphatic heterocycles. The van der Waals surface area contributed by atoms with Crippen LogP contribution in [0.2, 0.25) is 0 Å². The normalized spacial score (nSPS) is 12.8. The number of carboxylic acids is 1. The lowest BCUT2D eigenvalue weighted by Crippen LogP contribution is -2.29. The third-order valence-electron chi connectivity index (χ3n) is 4.74. The summed E-state index contributed by atoms with van der Waals surface area (Å²) in [5.41, 5.74) is 1.30. The molecule has 0 bridgehead atoms. The van der Waals surface area contributed by atoms with Gasteiger partial charge in [-0.05, 0) is 68.0 Å². The lowest BCUT2D eigenvalue weighted by atomic mass is 10.00. The summed E-state index contributed by atoms with van der Waals surface area (Å²) >= 11 is 1.60. The minimum Gasteiger partial charge on any atom is -0.491 e. The summed E-state index contributed by atoms with van der Waals surface area (Å²) < 4.78 is 17.1. The van der Waals surface area contributed by atoms with Gasteiger partial charge >= 0.3 is 12.1 Å². The molecule has 0 aliphatic rings. The Balaban J connectivity index is 2.20. The van der Waals surface area contributed by atoms with E-state index in [9.17, 15) is 9.59 Å². The molecule has 2 atom stereocenters. The molecule has 2 aromatic carbocycles. The van der Waals surface area contributed by atoms with Crippen molar-refractivity contribution in [1.82, 2.24) is 0 Å². The van der Waals surface area contributed by atoms with E-state index in [1.807, 2.05) is 25.3 Å². The first-order valence-electron chi connectivity index (χ1n) is 10.9. The summed E-state index contributed by atoms with van der Waals surface area (Å²) in [5.74, 6) is -0.446. The highest BCUT2D eigenvalue weighted by molar-refractivity contribution is 7.98. The number of nitrogens with one attached hydrogen (secondary N) is 1. The average molecular weight is 490 g/mol. The number of carboxylic acid groups (broad SMARTS) is 1. The number of anilines is 1. The van der Waals surface area contributed by atoms with Gasteiger partial charge in [0.05, 0.1) is 12.7 Å². The van der Waals surface area contributed by atoms with Crippen molar-refractivity contribution in [3.8, 4) is 5.75 Å². The molecule has 2 aromatic rings. The number of aliphatic carboxylic acids is 1. The topological polar surface area (TPSA) is 114 Å². The summed E-state index contributed by atoms with van der Waals surface area (Å²) in [6.45, 7) is 2.31. The van der Waals surface area contributed by atoms with Gasteiger partial charge in [-0.25, -0.2) is 9.59 Å². The Kier molecular flexibility index (Phi) is 12.0. The standard InChI is InChI=1S/C25H31NO7S/c1-3-31-22(6-4-5-7-23(28)29)24(18-8-12-20(13-9-18)32-17-16-27)33-25(30)26-19-10-14-21(34-2)15-11-19/h5,7-15,22,24,27H,3-4,6,16-17H2,1-2H3,(H,26,30)(H,28,29)/b7-5+/t22-,24-/m0/s1. The molecule has 0 unspecified atom stereocenters. The molecule has 0 fully saturated rings. The van der Waals surface area contributed by atoms with Crippen molar-refractivity contribution in [2.45, 2.75) is 36.9 Å². The van der Waals surface area contributed by atoms with Gasteiger partial charge in [0.25, 0.3) is 0 Å². The highest BCUT2D eigenvalue weighted by atomic mass is 32.2. The zero-order valence-electron chi connectivity index (χ0n) is 19.3. The first kappa shape index (κ1) is 27.2. The smallest absolute Gasteiger partial charge is 0.412 e. The third-order valence-corrected chi connectivity index (χ3v) is 5.48. The maximum absolute atomic E-state index is 12.7. The Morgan fingerprint density at radius 3 is 2.41 bits per heavy atom. The van der Waals surface area contributed by atoms with Crippen LogP contribution in [0.15, 0.2) is 65.6 Å². The molecule has 1 amide bonds. The highest BCUT2D eigenvalue weighted by Crippen LogP contribution is 2.29. The number of carbonyl (C=O) groups is 2. The van der Waals surface area contributed by atoms with Crippen LogP contribution in [-0.2, 0) is 14.3 Å². The SMILES string of the molecule is CCO[C@@H](CC/C=C/C(=O)O)[C@@H](OC(=O)Nc1ccc(SC)cc1)c1ccc(OCCO)cc1. The second-order valence-corrected chi connectivity index (χ2v) is 8.01. The van der Waals surface area contributed by atoms with Crippen LogP contribution in [0.5, 0.6) is 5.75 Å². The van der Waals surface area contributed by atoms with Crippen LogP contribution >= 0.6 is 11.8 Å². The van der Waals surface area contributed by atoms with Crippen LogP contribution in [0.1, 0.15) is 31.4 Å². The van der Waals surface area contributed by atoms with Crippen LogP contribution in [0.4, 0.5) is 10.5 Å². The highest BCUT2D eigenvalue weighted by Gasteiger charge is 2.27. The number of carbonyl (C=O) groups excluding carboxylic acids is 1. The number of aliphatic hydroxyl groups is 1. The maximum atomic E-state index is 12.7. The van der Waals surface area contributed by atoms with Crippen molar-refractivity contribution in [2.24, 2.45) is 0 Å². The predicted molar refractivity (Wildman–Crippen MR) is 132 cm³/mol. The number of amides is 1. The molecule has 0 saturated carbocycles. The third kappa shape index (κ3) is 9.46. The summed E-state index contributed by atoms with van der Waals surface area (Å²) in [4.78, 5) is 24.6. The van der Waals surface area contributed by atoms with E-state index < -0.39 is 24.3 Å². The van der Waals surface area contributed by atoms with Crippen LogP contribution in [0, 0.1) is 0 Å². The fraction of sp³-hybridized carbons (Fsp3) is 0.360. The second-order valence-electron chi connectivity index (χ2n) is 7.13. The number of ether oxygens (including phenoxy) is 3. The van der Waals surface area contributed by atoms with Gasteiger partial charge in [0.15, 0.2) is 6.10 Å². The van der Waals surface area contributed by atoms with Crippen LogP contribution in [0.25, 0.3) is 0 Å². The second kappa shape index (κ2) is 15.0. The largest absolute Gasteiger partial charge is 0.491 e. The molecule has 0 saturated heterocycles. The molecule has 9 heteroatoms. The van der Waals surface area contributed by atoms with Crippen molar-refractivity contribution < 1.29 is 34.0 Å². The minimum absolute atomic E-state index is 0.0954. The zero-order valence-corrected chi connectivity index (χ0v) is 20.1. The van der Waals surface area contributed by atoms with Crippen molar-refractivity contribution in [3.63, 3.8) is 0 Å². The first-order valence-corrected chi connectivity index (χ1v) is 12.2. The molecular formula is C25H31NO7S. The molecule has 2 rings (SSSR count). The fourth-order valence-corrected chi connectivity index (χ4v) is 3.60. The Bertz CT molecular complexity index is 916. The molecule has 0 aliphatic carbocycles. The minimum atomic E-state index is -1.02. The first-order chi connectivity index (χ1) is 16.5. The number of rotatable bonds is 14. The van der Waals surface area contributed by atoms with E-state index in [1.165, 1.54) is 0 Å². The lowest BCUT2D eigenvalue weighted by molar-refractivity contribution is -0.131. The summed E-state index contributed by atoms with van der Waals surface area (Å²) in [6.07, 6.45) is 3.61. The van der Waals surface area contributed by atoms with E-state index in [0.29, 0.717) is 36.4 Å². The summed E-state index contributed by atoms with van der Waals surface area (Å²) in [5, 5.41) is 20.5. The van der Waals surface area contributed by atoms with Crippen molar-refractivity contribution in [1.29, 1.82) is 0 Å². The Morgan fingerprint density at radius 1 is 1.12 bits per heavy atom. The van der Waals surface area contributed by atoms with E-state index in [1.54, 1.807) is 54.2 Å². The van der Waals surface area contributed by atoms with Gasteiger partial charge in [-0.15, -0.1) is 11.8 Å². The Labute approximate surface area is 203 Å². The summed E-state index contributed by atoms with van der Waals surface area (Å²) in [7, 11) is 0. The van der Waals surface area contributed by atoms with E-state index in [4.69, 9.17) is 24.4 Å². The summed E-state index contributed by atoms with van der Waals surface area (Å²) in [6, 6.07) is 14.4. The van der Waals surface area contributed by atoms with Gasteiger partial charge in [0.2, 0.25) is 0 Å². The van der Waals surface area contributed by atoms with Crippen LogP contribution in [0.3, 0.4) is 0 Å². The van der Waals surface area contributed by atoms with Gasteiger partial charge in [-0.3, -0.25) is 5.32 Å². The molecule has 34 heavy (non-hydrogen) atoms. The number of hydrogen-bond acceptors (Lipinski definition) is 7.